The molecule has 0 spiro atoms. The summed E-state index contributed by atoms with van der Waals surface area (Å²) >= 11 is 5.63. The molecular weight excluding hydrogens is 321 g/mol. The minimum Gasteiger partial charge on any atom is -0.481 e. The molecular formula is C13H15ClFNO4S. The number of sulfonamides is 1. The Kier molecular flexibility index (Phi) is 4.85. The van der Waals surface area contributed by atoms with Crippen LogP contribution in [-0.2, 0) is 20.6 Å². The van der Waals surface area contributed by atoms with Crippen LogP contribution in [-0.4, -0.2) is 36.9 Å². The van der Waals surface area contributed by atoms with Crippen molar-refractivity contribution in [1.29, 1.82) is 0 Å². The number of halogens is 2. The number of carbonyl (C=O) groups is 1. The van der Waals surface area contributed by atoms with Gasteiger partial charge in [-0.25, -0.2) is 17.1 Å². The largest absolute Gasteiger partial charge is 0.481 e. The van der Waals surface area contributed by atoms with Gasteiger partial charge in [-0.1, -0.05) is 17.7 Å². The molecule has 0 aromatic heterocycles. The summed E-state index contributed by atoms with van der Waals surface area (Å²) in [6.07, 6.45) is 0.609. The molecule has 1 heterocycles. The normalized spacial score (nSPS) is 17.8. The summed E-state index contributed by atoms with van der Waals surface area (Å²) in [6, 6.07) is 3.80. The molecule has 1 aromatic rings. The van der Waals surface area contributed by atoms with Gasteiger partial charge in [0.15, 0.2) is 0 Å². The number of aliphatic carboxylic acids is 1. The summed E-state index contributed by atoms with van der Waals surface area (Å²) in [5.74, 6) is -2.25. The molecule has 1 saturated heterocycles. The molecule has 1 aromatic carbocycles. The van der Waals surface area contributed by atoms with E-state index in [-0.39, 0.29) is 23.9 Å². The highest BCUT2D eigenvalue weighted by Gasteiger charge is 2.31. The van der Waals surface area contributed by atoms with E-state index in [4.69, 9.17) is 16.7 Å². The van der Waals surface area contributed by atoms with Crippen LogP contribution in [0.4, 0.5) is 4.39 Å². The van der Waals surface area contributed by atoms with E-state index in [1.807, 2.05) is 0 Å². The van der Waals surface area contributed by atoms with Gasteiger partial charge in [0.05, 0.1) is 16.7 Å². The van der Waals surface area contributed by atoms with Crippen molar-refractivity contribution in [2.75, 3.05) is 13.1 Å². The van der Waals surface area contributed by atoms with E-state index in [1.54, 1.807) is 0 Å². The number of hydrogen-bond acceptors (Lipinski definition) is 3. The van der Waals surface area contributed by atoms with E-state index in [0.717, 1.165) is 6.07 Å². The van der Waals surface area contributed by atoms with Crippen LogP contribution in [0.15, 0.2) is 18.2 Å². The Balaban J connectivity index is 2.05. The topological polar surface area (TPSA) is 74.7 Å². The standard InChI is InChI=1S/C13H15ClFNO4S/c14-11-7-9(1-2-12(11)15)8-21(19,20)16-5-3-10(4-6-16)13(17)18/h1-2,7,10H,3-6,8H2,(H,17,18). The van der Waals surface area contributed by atoms with E-state index in [0.29, 0.717) is 18.4 Å². The second-order valence-corrected chi connectivity index (χ2v) is 7.39. The molecule has 8 heteroatoms. The third-order valence-corrected chi connectivity index (χ3v) is 5.67. The predicted molar refractivity (Wildman–Crippen MR) is 76.0 cm³/mol. The second-order valence-electron chi connectivity index (χ2n) is 5.02. The summed E-state index contributed by atoms with van der Waals surface area (Å²) < 4.78 is 38.9. The van der Waals surface area contributed by atoms with Gasteiger partial charge in [0.2, 0.25) is 10.0 Å². The molecule has 21 heavy (non-hydrogen) atoms. The lowest BCUT2D eigenvalue weighted by molar-refractivity contribution is -0.142. The Labute approximate surface area is 127 Å². The Hall–Kier alpha value is -1.18. The van der Waals surface area contributed by atoms with Crippen molar-refractivity contribution in [1.82, 2.24) is 4.31 Å². The molecule has 0 bridgehead atoms. The zero-order valence-corrected chi connectivity index (χ0v) is 12.7. The fourth-order valence-corrected chi connectivity index (χ4v) is 4.07. The van der Waals surface area contributed by atoms with Gasteiger partial charge in [-0.15, -0.1) is 0 Å². The van der Waals surface area contributed by atoms with Crippen LogP contribution >= 0.6 is 11.6 Å². The minimum absolute atomic E-state index is 0.118. The molecule has 1 N–H and O–H groups in total. The number of carboxylic acid groups (broad SMARTS) is 1. The van der Waals surface area contributed by atoms with Gasteiger partial charge in [0, 0.05) is 13.1 Å². The molecule has 5 nitrogen and oxygen atoms in total. The van der Waals surface area contributed by atoms with Crippen LogP contribution in [0.25, 0.3) is 0 Å². The Bertz CT molecular complexity index is 642. The van der Waals surface area contributed by atoms with Crippen molar-refractivity contribution in [3.63, 3.8) is 0 Å². The van der Waals surface area contributed by atoms with E-state index in [2.05, 4.69) is 0 Å². The highest BCUT2D eigenvalue weighted by Crippen LogP contribution is 2.23. The summed E-state index contributed by atoms with van der Waals surface area (Å²) in [5.41, 5.74) is 0.404. The first-order valence-electron chi connectivity index (χ1n) is 6.44. The molecule has 0 amide bonds. The van der Waals surface area contributed by atoms with Crippen LogP contribution < -0.4 is 0 Å². The van der Waals surface area contributed by atoms with E-state index >= 15 is 0 Å². The summed E-state index contributed by atoms with van der Waals surface area (Å²) in [5, 5.41) is 8.78. The van der Waals surface area contributed by atoms with Crippen molar-refractivity contribution in [3.8, 4) is 0 Å². The number of nitrogens with zero attached hydrogens (tertiary/aromatic N) is 1. The molecule has 0 unspecified atom stereocenters. The van der Waals surface area contributed by atoms with Crippen LogP contribution in [0.2, 0.25) is 5.02 Å². The van der Waals surface area contributed by atoms with E-state index < -0.39 is 27.7 Å². The van der Waals surface area contributed by atoms with Crippen LogP contribution in [0, 0.1) is 11.7 Å². The third kappa shape index (κ3) is 3.93. The number of piperidine rings is 1. The van der Waals surface area contributed by atoms with Crippen molar-refractivity contribution < 1.29 is 22.7 Å². The van der Waals surface area contributed by atoms with Crippen LogP contribution in [0.1, 0.15) is 18.4 Å². The van der Waals surface area contributed by atoms with Gasteiger partial charge in [0.1, 0.15) is 5.82 Å². The molecule has 0 aliphatic carbocycles. The highest BCUT2D eigenvalue weighted by atomic mass is 35.5. The Morgan fingerprint density at radius 2 is 2.00 bits per heavy atom. The van der Waals surface area contributed by atoms with Crippen molar-refractivity contribution in [2.45, 2.75) is 18.6 Å². The fourth-order valence-electron chi connectivity index (χ4n) is 2.31. The van der Waals surface area contributed by atoms with Gasteiger partial charge in [-0.05, 0) is 30.5 Å². The number of hydrogen-bond donors (Lipinski definition) is 1. The van der Waals surface area contributed by atoms with E-state index in [1.165, 1.54) is 16.4 Å². The Morgan fingerprint density at radius 1 is 1.38 bits per heavy atom. The van der Waals surface area contributed by atoms with Gasteiger partial charge in [-0.2, -0.15) is 0 Å². The minimum atomic E-state index is -3.56. The summed E-state index contributed by atoms with van der Waals surface area (Å²) in [6.45, 7) is 0.377. The van der Waals surface area contributed by atoms with Crippen molar-refractivity contribution >= 4 is 27.6 Å². The van der Waals surface area contributed by atoms with Crippen LogP contribution in [0.3, 0.4) is 0 Å². The smallest absolute Gasteiger partial charge is 0.306 e. The highest BCUT2D eigenvalue weighted by molar-refractivity contribution is 7.88. The molecule has 0 radical (unpaired) electrons. The number of carboxylic acids is 1. The average molecular weight is 336 g/mol. The molecule has 1 aliphatic heterocycles. The fraction of sp³-hybridized carbons (Fsp3) is 0.462. The summed E-state index contributed by atoms with van der Waals surface area (Å²) in [4.78, 5) is 10.9. The maximum atomic E-state index is 13.1. The second kappa shape index (κ2) is 6.29. The molecule has 0 saturated carbocycles. The zero-order chi connectivity index (χ0) is 15.6. The van der Waals surface area contributed by atoms with E-state index in [9.17, 15) is 17.6 Å². The lowest BCUT2D eigenvalue weighted by Gasteiger charge is -2.29. The van der Waals surface area contributed by atoms with Crippen molar-refractivity contribution in [3.05, 3.63) is 34.6 Å². The molecule has 1 fully saturated rings. The number of benzene rings is 1. The lowest BCUT2D eigenvalue weighted by Crippen LogP contribution is -2.40. The molecule has 116 valence electrons. The Morgan fingerprint density at radius 3 is 2.52 bits per heavy atom. The zero-order valence-electron chi connectivity index (χ0n) is 11.1. The predicted octanol–water partition coefficient (Wildman–Crippen LogP) is 2.11. The molecule has 2 rings (SSSR count). The first kappa shape index (κ1) is 16.2. The number of rotatable bonds is 4. The first-order valence-corrected chi connectivity index (χ1v) is 8.43. The first-order chi connectivity index (χ1) is 9.79. The quantitative estimate of drug-likeness (QED) is 0.914. The summed E-state index contributed by atoms with van der Waals surface area (Å²) in [7, 11) is -3.56. The maximum Gasteiger partial charge on any atom is 0.306 e. The SMILES string of the molecule is O=C(O)C1CCN(S(=O)(=O)Cc2ccc(F)c(Cl)c2)CC1. The molecule has 1 aliphatic rings. The molecule has 0 atom stereocenters. The third-order valence-electron chi connectivity index (χ3n) is 3.53. The van der Waals surface area contributed by atoms with Gasteiger partial charge >= 0.3 is 5.97 Å². The van der Waals surface area contributed by atoms with Crippen LogP contribution in [0.5, 0.6) is 0 Å². The van der Waals surface area contributed by atoms with Crippen molar-refractivity contribution in [2.24, 2.45) is 5.92 Å². The van der Waals surface area contributed by atoms with Gasteiger partial charge in [-0.3, -0.25) is 4.79 Å². The lowest BCUT2D eigenvalue weighted by atomic mass is 9.99. The monoisotopic (exact) mass is 335 g/mol. The maximum absolute atomic E-state index is 13.1. The average Bonchev–Trinajstić information content (AvgIpc) is 2.43. The van der Waals surface area contributed by atoms with Gasteiger partial charge < -0.3 is 5.11 Å². The van der Waals surface area contributed by atoms with Gasteiger partial charge in [0.25, 0.3) is 0 Å².